The molecular formula is C11H22N2O3. The van der Waals surface area contributed by atoms with Crippen molar-refractivity contribution in [2.75, 3.05) is 19.7 Å². The number of hydrogen-bond acceptors (Lipinski definition) is 4. The van der Waals surface area contributed by atoms with Crippen LogP contribution in [-0.2, 0) is 4.74 Å². The van der Waals surface area contributed by atoms with E-state index in [9.17, 15) is 4.79 Å². The monoisotopic (exact) mass is 230 g/mol. The van der Waals surface area contributed by atoms with E-state index < -0.39 is 5.60 Å². The maximum absolute atomic E-state index is 11.9. The highest BCUT2D eigenvalue weighted by molar-refractivity contribution is 5.68. The van der Waals surface area contributed by atoms with Gasteiger partial charge in [-0.25, -0.2) is 4.79 Å². The van der Waals surface area contributed by atoms with Gasteiger partial charge in [0.2, 0.25) is 0 Å². The zero-order chi connectivity index (χ0) is 12.3. The normalized spacial score (nSPS) is 26.7. The molecule has 1 amide bonds. The third kappa shape index (κ3) is 3.64. The maximum atomic E-state index is 11.9. The fourth-order valence-corrected chi connectivity index (χ4v) is 1.63. The molecule has 2 N–H and O–H groups in total. The van der Waals surface area contributed by atoms with Gasteiger partial charge < -0.3 is 20.1 Å². The van der Waals surface area contributed by atoms with Gasteiger partial charge in [0.15, 0.2) is 0 Å². The van der Waals surface area contributed by atoms with Crippen molar-refractivity contribution in [1.29, 1.82) is 0 Å². The predicted molar refractivity (Wildman–Crippen MR) is 61.3 cm³/mol. The zero-order valence-electron chi connectivity index (χ0n) is 10.5. The lowest BCUT2D eigenvalue weighted by molar-refractivity contribution is 0.00688. The van der Waals surface area contributed by atoms with E-state index in [-0.39, 0.29) is 24.8 Å². The van der Waals surface area contributed by atoms with E-state index in [1.54, 1.807) is 4.90 Å². The highest BCUT2D eigenvalue weighted by atomic mass is 16.6. The number of carbonyl (C=O) groups is 1. The molecule has 5 nitrogen and oxygen atoms in total. The summed E-state index contributed by atoms with van der Waals surface area (Å²) in [5, 5.41) is 12.2. The van der Waals surface area contributed by atoms with Crippen LogP contribution >= 0.6 is 0 Å². The minimum absolute atomic E-state index is 0.0337. The van der Waals surface area contributed by atoms with Crippen LogP contribution in [0.5, 0.6) is 0 Å². The summed E-state index contributed by atoms with van der Waals surface area (Å²) in [6, 6.07) is 0.0429. The molecule has 94 valence electrons. The average molecular weight is 230 g/mol. The van der Waals surface area contributed by atoms with Crippen LogP contribution in [0.15, 0.2) is 0 Å². The summed E-state index contributed by atoms with van der Waals surface area (Å²) in [5.41, 5.74) is -0.476. The molecule has 1 rings (SSSR count). The summed E-state index contributed by atoms with van der Waals surface area (Å²) < 4.78 is 5.32. The van der Waals surface area contributed by atoms with Crippen molar-refractivity contribution < 1.29 is 14.6 Å². The Hall–Kier alpha value is -0.810. The topological polar surface area (TPSA) is 61.8 Å². The van der Waals surface area contributed by atoms with Gasteiger partial charge in [0, 0.05) is 25.2 Å². The van der Waals surface area contributed by atoms with Crippen LogP contribution in [-0.4, -0.2) is 53.5 Å². The number of aliphatic hydroxyl groups is 1. The summed E-state index contributed by atoms with van der Waals surface area (Å²) in [6.45, 7) is 8.72. The van der Waals surface area contributed by atoms with Crippen molar-refractivity contribution in [1.82, 2.24) is 10.2 Å². The van der Waals surface area contributed by atoms with Crippen molar-refractivity contribution in [3.8, 4) is 0 Å². The first-order valence-electron chi connectivity index (χ1n) is 5.67. The van der Waals surface area contributed by atoms with Gasteiger partial charge in [-0.05, 0) is 27.7 Å². The van der Waals surface area contributed by atoms with Gasteiger partial charge in [0.05, 0.1) is 6.61 Å². The van der Waals surface area contributed by atoms with Crippen molar-refractivity contribution in [3.63, 3.8) is 0 Å². The molecular weight excluding hydrogens is 208 g/mol. The Morgan fingerprint density at radius 1 is 1.56 bits per heavy atom. The number of amides is 1. The van der Waals surface area contributed by atoms with Crippen LogP contribution in [0.25, 0.3) is 0 Å². The number of piperazine rings is 1. The van der Waals surface area contributed by atoms with Crippen LogP contribution in [0.4, 0.5) is 4.79 Å². The molecule has 0 bridgehead atoms. The first-order chi connectivity index (χ1) is 7.33. The Labute approximate surface area is 96.8 Å². The number of ether oxygens (including phenoxy) is 1. The molecule has 0 aromatic carbocycles. The van der Waals surface area contributed by atoms with Crippen molar-refractivity contribution in [2.24, 2.45) is 0 Å². The van der Waals surface area contributed by atoms with Gasteiger partial charge in [-0.1, -0.05) is 0 Å². The van der Waals surface area contributed by atoms with Gasteiger partial charge in [-0.3, -0.25) is 0 Å². The fourth-order valence-electron chi connectivity index (χ4n) is 1.63. The molecule has 0 saturated carbocycles. The number of nitrogens with one attached hydrogen (secondary N) is 1. The van der Waals surface area contributed by atoms with E-state index in [0.717, 1.165) is 0 Å². The minimum Gasteiger partial charge on any atom is -0.444 e. The molecule has 0 spiro atoms. The van der Waals surface area contributed by atoms with Gasteiger partial charge in [-0.15, -0.1) is 0 Å². The number of rotatable bonds is 1. The molecule has 1 fully saturated rings. The Bertz CT molecular complexity index is 250. The van der Waals surface area contributed by atoms with Crippen LogP contribution < -0.4 is 5.32 Å². The third-order valence-corrected chi connectivity index (χ3v) is 2.50. The average Bonchev–Trinajstić information content (AvgIpc) is 2.15. The van der Waals surface area contributed by atoms with Gasteiger partial charge in [0.25, 0.3) is 0 Å². The molecule has 0 radical (unpaired) electrons. The van der Waals surface area contributed by atoms with Crippen molar-refractivity contribution in [2.45, 2.75) is 45.4 Å². The first-order valence-corrected chi connectivity index (χ1v) is 5.67. The molecule has 0 unspecified atom stereocenters. The summed E-state index contributed by atoms with van der Waals surface area (Å²) in [7, 11) is 0. The molecule has 0 aliphatic carbocycles. The molecule has 1 heterocycles. The number of hydrogen-bond donors (Lipinski definition) is 2. The highest BCUT2D eigenvalue weighted by Crippen LogP contribution is 2.14. The van der Waals surface area contributed by atoms with Gasteiger partial charge >= 0.3 is 6.09 Å². The van der Waals surface area contributed by atoms with Crippen LogP contribution in [0.1, 0.15) is 27.7 Å². The predicted octanol–water partition coefficient (Wildman–Crippen LogP) is 0.576. The van der Waals surface area contributed by atoms with Crippen molar-refractivity contribution >= 4 is 6.09 Å². The second-order valence-corrected chi connectivity index (χ2v) is 5.27. The molecule has 1 saturated heterocycles. The van der Waals surface area contributed by atoms with E-state index in [1.807, 2.05) is 27.7 Å². The van der Waals surface area contributed by atoms with E-state index in [0.29, 0.717) is 13.1 Å². The number of nitrogens with zero attached hydrogens (tertiary/aromatic N) is 1. The highest BCUT2D eigenvalue weighted by Gasteiger charge is 2.31. The molecule has 1 aliphatic rings. The van der Waals surface area contributed by atoms with Crippen LogP contribution in [0, 0.1) is 0 Å². The Morgan fingerprint density at radius 3 is 2.69 bits per heavy atom. The van der Waals surface area contributed by atoms with Crippen molar-refractivity contribution in [3.05, 3.63) is 0 Å². The Morgan fingerprint density at radius 2 is 2.19 bits per heavy atom. The Kier molecular flexibility index (Phi) is 4.15. The largest absolute Gasteiger partial charge is 0.444 e. The standard InChI is InChI=1S/C11H22N2O3/c1-8-5-12-9(7-14)6-13(8)10(15)16-11(2,3)4/h8-9,12,14H,5-7H2,1-4H3/t8-,9-/m0/s1. The second-order valence-electron chi connectivity index (χ2n) is 5.27. The van der Waals surface area contributed by atoms with E-state index in [1.165, 1.54) is 0 Å². The van der Waals surface area contributed by atoms with E-state index in [4.69, 9.17) is 9.84 Å². The summed E-state index contributed by atoms with van der Waals surface area (Å²) in [4.78, 5) is 13.5. The molecule has 2 atom stereocenters. The first kappa shape index (κ1) is 13.3. The lowest BCUT2D eigenvalue weighted by atomic mass is 10.1. The molecule has 1 aliphatic heterocycles. The van der Waals surface area contributed by atoms with Gasteiger partial charge in [0.1, 0.15) is 5.60 Å². The summed E-state index contributed by atoms with van der Waals surface area (Å²) >= 11 is 0. The van der Waals surface area contributed by atoms with E-state index >= 15 is 0 Å². The fraction of sp³-hybridized carbons (Fsp3) is 0.909. The molecule has 5 heteroatoms. The molecule has 0 aromatic heterocycles. The molecule has 16 heavy (non-hydrogen) atoms. The maximum Gasteiger partial charge on any atom is 0.410 e. The number of carbonyl (C=O) groups excluding carboxylic acids is 1. The second kappa shape index (κ2) is 5.01. The van der Waals surface area contributed by atoms with Crippen LogP contribution in [0.3, 0.4) is 0 Å². The summed E-state index contributed by atoms with van der Waals surface area (Å²) in [6.07, 6.45) is -0.306. The smallest absolute Gasteiger partial charge is 0.410 e. The molecule has 0 aromatic rings. The summed E-state index contributed by atoms with van der Waals surface area (Å²) in [5.74, 6) is 0. The van der Waals surface area contributed by atoms with Crippen LogP contribution in [0.2, 0.25) is 0 Å². The lowest BCUT2D eigenvalue weighted by Gasteiger charge is -2.38. The lowest BCUT2D eigenvalue weighted by Crippen LogP contribution is -2.59. The zero-order valence-corrected chi connectivity index (χ0v) is 10.5. The van der Waals surface area contributed by atoms with Gasteiger partial charge in [-0.2, -0.15) is 0 Å². The SMILES string of the molecule is C[C@H]1CN[C@H](CO)CN1C(=O)OC(C)(C)C. The minimum atomic E-state index is -0.476. The number of aliphatic hydroxyl groups excluding tert-OH is 1. The Balaban J connectivity index is 2.59. The quantitative estimate of drug-likeness (QED) is 0.691. The third-order valence-electron chi connectivity index (χ3n) is 2.50. The van der Waals surface area contributed by atoms with E-state index in [2.05, 4.69) is 5.32 Å².